The first-order chi connectivity index (χ1) is 14.2. The van der Waals surface area contributed by atoms with Crippen molar-refractivity contribution in [2.45, 2.75) is 0 Å². The molecule has 13 heteroatoms. The molecule has 1 fully saturated rings. The van der Waals surface area contributed by atoms with Crippen molar-refractivity contribution in [1.82, 2.24) is 0 Å². The van der Waals surface area contributed by atoms with Gasteiger partial charge in [-0.15, -0.1) is 0 Å². The van der Waals surface area contributed by atoms with E-state index >= 15 is 0 Å². The molecule has 0 aromatic heterocycles. The van der Waals surface area contributed by atoms with Crippen LogP contribution in [0, 0.1) is 26.1 Å². The van der Waals surface area contributed by atoms with Crippen LogP contribution in [0.5, 0.6) is 0 Å². The maximum atomic E-state index is 12.7. The molecular formula is C17H11N5O8. The van der Waals surface area contributed by atoms with Crippen LogP contribution in [-0.4, -0.2) is 38.5 Å². The summed E-state index contributed by atoms with van der Waals surface area (Å²) in [5, 5.41) is 36.0. The Morgan fingerprint density at radius 2 is 1.63 bits per heavy atom. The molecule has 13 nitrogen and oxygen atoms in total. The standard InChI is InChI=1S/C17H11N5O8/c23-15(18-9-3-1-5-11(7-9)21(27)28)13-14(19-26)17(25)20(16(13)24)10-4-2-6-12(8-10)22(29)30/h1-8,13,26H,(H,18,23)/b19-14+/t13-/m0/s1. The molecule has 152 valence electrons. The van der Waals surface area contributed by atoms with Crippen LogP contribution in [0.2, 0.25) is 0 Å². The van der Waals surface area contributed by atoms with E-state index in [0.717, 1.165) is 18.2 Å². The second-order valence-corrected chi connectivity index (χ2v) is 5.97. The Kier molecular flexibility index (Phi) is 5.18. The van der Waals surface area contributed by atoms with E-state index in [1.807, 2.05) is 0 Å². The lowest BCUT2D eigenvalue weighted by Gasteiger charge is -2.14. The minimum absolute atomic E-state index is 0.0273. The van der Waals surface area contributed by atoms with Gasteiger partial charge in [-0.1, -0.05) is 17.3 Å². The summed E-state index contributed by atoms with van der Waals surface area (Å²) in [5.74, 6) is -5.17. The third kappa shape index (κ3) is 3.54. The van der Waals surface area contributed by atoms with E-state index in [4.69, 9.17) is 0 Å². The zero-order chi connectivity index (χ0) is 22.0. The first kappa shape index (κ1) is 20.1. The van der Waals surface area contributed by atoms with Crippen molar-refractivity contribution in [2.75, 3.05) is 10.2 Å². The number of nitro benzene ring substituents is 2. The number of nitrogens with one attached hydrogen (secondary N) is 1. The highest BCUT2D eigenvalue weighted by atomic mass is 16.6. The van der Waals surface area contributed by atoms with Crippen molar-refractivity contribution in [3.05, 3.63) is 68.8 Å². The molecule has 0 aliphatic carbocycles. The zero-order valence-electron chi connectivity index (χ0n) is 14.8. The summed E-state index contributed by atoms with van der Waals surface area (Å²) in [4.78, 5) is 58.7. The number of oxime groups is 1. The second kappa shape index (κ2) is 7.75. The van der Waals surface area contributed by atoms with E-state index in [2.05, 4.69) is 10.5 Å². The number of nitrogens with zero attached hydrogens (tertiary/aromatic N) is 4. The average molecular weight is 413 g/mol. The van der Waals surface area contributed by atoms with Crippen molar-refractivity contribution < 1.29 is 29.4 Å². The molecule has 30 heavy (non-hydrogen) atoms. The lowest BCUT2D eigenvalue weighted by atomic mass is 10.1. The number of non-ortho nitro benzene ring substituents is 2. The lowest BCUT2D eigenvalue weighted by molar-refractivity contribution is -0.385. The first-order valence-electron chi connectivity index (χ1n) is 8.14. The summed E-state index contributed by atoms with van der Waals surface area (Å²) in [6, 6.07) is 9.40. The van der Waals surface area contributed by atoms with Gasteiger partial charge < -0.3 is 10.5 Å². The highest BCUT2D eigenvalue weighted by molar-refractivity contribution is 6.61. The molecule has 2 aromatic rings. The van der Waals surface area contributed by atoms with Crippen LogP contribution < -0.4 is 10.2 Å². The van der Waals surface area contributed by atoms with Crippen LogP contribution in [0.3, 0.4) is 0 Å². The largest absolute Gasteiger partial charge is 0.410 e. The molecule has 1 saturated heterocycles. The van der Waals surface area contributed by atoms with Crippen LogP contribution in [0.25, 0.3) is 0 Å². The number of hydrogen-bond donors (Lipinski definition) is 2. The van der Waals surface area contributed by atoms with Crippen molar-refractivity contribution in [3.8, 4) is 0 Å². The fraction of sp³-hybridized carbons (Fsp3) is 0.0588. The predicted octanol–water partition coefficient (Wildman–Crippen LogP) is 1.46. The number of rotatable bonds is 5. The quantitative estimate of drug-likeness (QED) is 0.242. The van der Waals surface area contributed by atoms with Gasteiger partial charge in [-0.25, -0.2) is 4.90 Å². The fourth-order valence-electron chi connectivity index (χ4n) is 2.82. The number of carbonyl (C=O) groups excluding carboxylic acids is 3. The Balaban J connectivity index is 1.93. The van der Waals surface area contributed by atoms with Gasteiger partial charge in [0, 0.05) is 30.0 Å². The summed E-state index contributed by atoms with van der Waals surface area (Å²) in [7, 11) is 0. The second-order valence-electron chi connectivity index (χ2n) is 5.97. The Morgan fingerprint density at radius 3 is 2.23 bits per heavy atom. The molecule has 0 saturated carbocycles. The Morgan fingerprint density at radius 1 is 1.03 bits per heavy atom. The van der Waals surface area contributed by atoms with E-state index in [-0.39, 0.29) is 17.1 Å². The Labute approximate surface area is 166 Å². The summed E-state index contributed by atoms with van der Waals surface area (Å²) in [6.45, 7) is 0. The highest BCUT2D eigenvalue weighted by Crippen LogP contribution is 2.29. The number of imide groups is 1. The molecule has 1 atom stereocenters. The summed E-state index contributed by atoms with van der Waals surface area (Å²) in [6.07, 6.45) is 0. The van der Waals surface area contributed by atoms with Crippen LogP contribution in [0.1, 0.15) is 0 Å². The maximum Gasteiger partial charge on any atom is 0.284 e. The van der Waals surface area contributed by atoms with Crippen LogP contribution in [0.4, 0.5) is 22.7 Å². The van der Waals surface area contributed by atoms with Gasteiger partial charge >= 0.3 is 0 Å². The molecule has 1 heterocycles. The summed E-state index contributed by atoms with van der Waals surface area (Å²) < 4.78 is 0. The average Bonchev–Trinajstić information content (AvgIpc) is 2.97. The Hall–Kier alpha value is -4.68. The van der Waals surface area contributed by atoms with E-state index < -0.39 is 44.9 Å². The lowest BCUT2D eigenvalue weighted by Crippen LogP contribution is -2.34. The number of amides is 3. The van der Waals surface area contributed by atoms with Gasteiger partial charge in [0.2, 0.25) is 5.91 Å². The van der Waals surface area contributed by atoms with E-state index in [9.17, 15) is 39.8 Å². The molecule has 3 rings (SSSR count). The predicted molar refractivity (Wildman–Crippen MR) is 100 cm³/mol. The van der Waals surface area contributed by atoms with Crippen molar-refractivity contribution in [1.29, 1.82) is 0 Å². The normalized spacial score (nSPS) is 17.3. The first-order valence-corrected chi connectivity index (χ1v) is 8.14. The number of nitro groups is 2. The molecule has 1 aliphatic heterocycles. The monoisotopic (exact) mass is 413 g/mol. The summed E-state index contributed by atoms with van der Waals surface area (Å²) in [5.41, 5.74) is -1.74. The molecule has 2 aromatic carbocycles. The van der Waals surface area contributed by atoms with Gasteiger partial charge in [-0.3, -0.25) is 34.6 Å². The molecule has 0 unspecified atom stereocenters. The van der Waals surface area contributed by atoms with E-state index in [0.29, 0.717) is 4.90 Å². The van der Waals surface area contributed by atoms with Gasteiger partial charge in [0.15, 0.2) is 11.6 Å². The molecule has 3 amide bonds. The van der Waals surface area contributed by atoms with Gasteiger partial charge in [-0.2, -0.15) is 0 Å². The van der Waals surface area contributed by atoms with Crippen molar-refractivity contribution >= 4 is 46.2 Å². The molecule has 1 aliphatic rings. The minimum atomic E-state index is -1.86. The Bertz CT molecular complexity index is 1130. The molecule has 0 radical (unpaired) electrons. The third-order valence-electron chi connectivity index (χ3n) is 4.16. The number of anilines is 2. The molecular weight excluding hydrogens is 402 g/mol. The van der Waals surface area contributed by atoms with Crippen LogP contribution in [-0.2, 0) is 14.4 Å². The molecule has 0 spiro atoms. The van der Waals surface area contributed by atoms with Crippen molar-refractivity contribution in [2.24, 2.45) is 11.1 Å². The van der Waals surface area contributed by atoms with E-state index in [1.54, 1.807) is 0 Å². The van der Waals surface area contributed by atoms with E-state index in [1.165, 1.54) is 30.3 Å². The molecule has 0 bridgehead atoms. The maximum absolute atomic E-state index is 12.7. The van der Waals surface area contributed by atoms with Gasteiger partial charge in [0.25, 0.3) is 23.2 Å². The minimum Gasteiger partial charge on any atom is -0.410 e. The van der Waals surface area contributed by atoms with Gasteiger partial charge in [-0.05, 0) is 12.1 Å². The number of benzene rings is 2. The fourth-order valence-corrected chi connectivity index (χ4v) is 2.82. The van der Waals surface area contributed by atoms with Gasteiger partial charge in [0.1, 0.15) is 0 Å². The van der Waals surface area contributed by atoms with Crippen molar-refractivity contribution in [3.63, 3.8) is 0 Å². The summed E-state index contributed by atoms with van der Waals surface area (Å²) >= 11 is 0. The SMILES string of the molecule is O=C(Nc1cccc([N+](=O)[O-])c1)[C@H]1C(=O)N(c2cccc([N+](=O)[O-])c2)C(=O)/C1=N/O. The third-order valence-corrected chi connectivity index (χ3v) is 4.16. The topological polar surface area (TPSA) is 185 Å². The number of carbonyl (C=O) groups is 3. The number of hydrogen-bond acceptors (Lipinski definition) is 9. The van der Waals surface area contributed by atoms with Crippen LogP contribution >= 0.6 is 0 Å². The van der Waals surface area contributed by atoms with Gasteiger partial charge in [0.05, 0.1) is 15.5 Å². The van der Waals surface area contributed by atoms with Crippen LogP contribution in [0.15, 0.2) is 53.7 Å². The highest BCUT2D eigenvalue weighted by Gasteiger charge is 2.50. The molecule has 2 N–H and O–H groups in total. The smallest absolute Gasteiger partial charge is 0.284 e. The zero-order valence-corrected chi connectivity index (χ0v) is 14.8.